The number of nitrogens with two attached hydrogens (primary N) is 1. The molecule has 0 saturated carbocycles. The minimum absolute atomic E-state index is 0.134. The van der Waals surface area contributed by atoms with E-state index in [0.717, 1.165) is 32.4 Å². The monoisotopic (exact) mass is 241 g/mol. The highest BCUT2D eigenvalue weighted by Gasteiger charge is 2.34. The summed E-state index contributed by atoms with van der Waals surface area (Å²) in [5, 5.41) is 0. The maximum atomic E-state index is 12.1. The van der Waals surface area contributed by atoms with Gasteiger partial charge in [-0.3, -0.25) is 4.79 Å². The van der Waals surface area contributed by atoms with Crippen LogP contribution < -0.4 is 5.73 Å². The predicted octanol–water partition coefficient (Wildman–Crippen LogP) is 0.912. The third-order valence-corrected chi connectivity index (χ3v) is 3.73. The van der Waals surface area contributed by atoms with Crippen molar-refractivity contribution >= 4 is 5.91 Å². The maximum absolute atomic E-state index is 12.1. The second-order valence-corrected chi connectivity index (χ2v) is 5.50. The van der Waals surface area contributed by atoms with E-state index in [2.05, 4.69) is 32.8 Å². The van der Waals surface area contributed by atoms with Crippen molar-refractivity contribution in [3.8, 4) is 0 Å². The van der Waals surface area contributed by atoms with Crippen LogP contribution in [-0.4, -0.2) is 55.0 Å². The van der Waals surface area contributed by atoms with Crippen LogP contribution in [0.5, 0.6) is 0 Å². The molecule has 0 aliphatic carbocycles. The smallest absolute Gasteiger partial charge is 0.239 e. The van der Waals surface area contributed by atoms with E-state index in [1.807, 2.05) is 4.90 Å². The summed E-state index contributed by atoms with van der Waals surface area (Å²) in [4.78, 5) is 16.3. The molecule has 0 aromatic carbocycles. The second-order valence-electron chi connectivity index (χ2n) is 5.50. The molecule has 0 spiro atoms. The molecule has 0 aromatic rings. The molecule has 0 aromatic heterocycles. The zero-order chi connectivity index (χ0) is 13.0. The number of rotatable bonds is 5. The first kappa shape index (κ1) is 14.5. The van der Waals surface area contributed by atoms with Gasteiger partial charge < -0.3 is 15.5 Å². The summed E-state index contributed by atoms with van der Waals surface area (Å²) in [5.41, 5.74) is 5.95. The van der Waals surface area contributed by atoms with Gasteiger partial charge in [0, 0.05) is 19.1 Å². The van der Waals surface area contributed by atoms with E-state index in [9.17, 15) is 4.79 Å². The summed E-state index contributed by atoms with van der Waals surface area (Å²) in [5.74, 6) is 0.668. The van der Waals surface area contributed by atoms with Gasteiger partial charge in [0.25, 0.3) is 0 Å². The lowest BCUT2D eigenvalue weighted by atomic mass is 10.1. The largest absolute Gasteiger partial charge is 0.339 e. The average molecular weight is 241 g/mol. The summed E-state index contributed by atoms with van der Waals surface area (Å²) in [7, 11) is 4.15. The molecule has 17 heavy (non-hydrogen) atoms. The number of amides is 1. The second kappa shape index (κ2) is 6.36. The molecule has 0 bridgehead atoms. The average Bonchev–Trinajstić information content (AvgIpc) is 2.67. The van der Waals surface area contributed by atoms with Crippen LogP contribution in [0.1, 0.15) is 33.1 Å². The van der Waals surface area contributed by atoms with Crippen molar-refractivity contribution in [2.24, 2.45) is 11.7 Å². The summed E-state index contributed by atoms with van der Waals surface area (Å²) >= 11 is 0. The van der Waals surface area contributed by atoms with Gasteiger partial charge in [0.15, 0.2) is 0 Å². The molecule has 4 heteroatoms. The number of carbonyl (C=O) groups is 1. The Hall–Kier alpha value is -0.610. The van der Waals surface area contributed by atoms with E-state index in [0.29, 0.717) is 12.0 Å². The molecule has 0 radical (unpaired) electrons. The number of likely N-dealkylation sites (tertiary alicyclic amines) is 1. The fourth-order valence-electron chi connectivity index (χ4n) is 2.58. The van der Waals surface area contributed by atoms with Gasteiger partial charge in [-0.25, -0.2) is 0 Å². The fourth-order valence-corrected chi connectivity index (χ4v) is 2.58. The standard InChI is InChI=1S/C13H27N3O/c1-5-6-7-11(14)13(17)16-8-10(2)12(9-16)15(3)4/h10-12H,5-9,14H2,1-4H3. The highest BCUT2D eigenvalue weighted by molar-refractivity contribution is 5.82. The lowest BCUT2D eigenvalue weighted by molar-refractivity contribution is -0.131. The molecule has 1 aliphatic heterocycles. The first-order valence-corrected chi connectivity index (χ1v) is 6.68. The normalized spacial score (nSPS) is 26.6. The van der Waals surface area contributed by atoms with Crippen molar-refractivity contribution in [2.75, 3.05) is 27.2 Å². The van der Waals surface area contributed by atoms with Gasteiger partial charge in [-0.2, -0.15) is 0 Å². The van der Waals surface area contributed by atoms with Gasteiger partial charge in [0.2, 0.25) is 5.91 Å². The highest BCUT2D eigenvalue weighted by atomic mass is 16.2. The van der Waals surface area contributed by atoms with Gasteiger partial charge >= 0.3 is 0 Å². The summed E-state index contributed by atoms with van der Waals surface area (Å²) in [6.07, 6.45) is 2.94. The Bertz CT molecular complexity index is 255. The number of hydrogen-bond donors (Lipinski definition) is 1. The van der Waals surface area contributed by atoms with Crippen molar-refractivity contribution in [2.45, 2.75) is 45.2 Å². The molecule has 1 amide bonds. The van der Waals surface area contributed by atoms with Gasteiger partial charge in [0.1, 0.15) is 0 Å². The molecule has 1 heterocycles. The number of carbonyl (C=O) groups excluding carboxylic acids is 1. The Morgan fingerprint density at radius 1 is 1.47 bits per heavy atom. The third-order valence-electron chi connectivity index (χ3n) is 3.73. The zero-order valence-electron chi connectivity index (χ0n) is 11.6. The first-order chi connectivity index (χ1) is 7.97. The lowest BCUT2D eigenvalue weighted by Crippen LogP contribution is -2.43. The van der Waals surface area contributed by atoms with Crippen molar-refractivity contribution in [1.82, 2.24) is 9.80 Å². The molecule has 1 aliphatic rings. The summed E-state index contributed by atoms with van der Waals surface area (Å²) in [6, 6.07) is 0.167. The topological polar surface area (TPSA) is 49.6 Å². The SMILES string of the molecule is CCCCC(N)C(=O)N1CC(C)C(N(C)C)C1. The molecule has 100 valence electrons. The molecule has 1 saturated heterocycles. The van der Waals surface area contributed by atoms with Gasteiger partial charge in [0.05, 0.1) is 6.04 Å². The molecule has 3 atom stereocenters. The van der Waals surface area contributed by atoms with Crippen LogP contribution in [0.4, 0.5) is 0 Å². The number of unbranched alkanes of at least 4 members (excludes halogenated alkanes) is 1. The van der Waals surface area contributed by atoms with Crippen molar-refractivity contribution in [1.29, 1.82) is 0 Å². The van der Waals surface area contributed by atoms with Crippen molar-refractivity contribution in [3.05, 3.63) is 0 Å². The van der Waals surface area contributed by atoms with Crippen LogP contribution in [0.15, 0.2) is 0 Å². The van der Waals surface area contributed by atoms with E-state index < -0.39 is 0 Å². The van der Waals surface area contributed by atoms with Crippen LogP contribution in [0.2, 0.25) is 0 Å². The Morgan fingerprint density at radius 3 is 2.59 bits per heavy atom. The van der Waals surface area contributed by atoms with E-state index in [4.69, 9.17) is 5.73 Å². The van der Waals surface area contributed by atoms with Crippen LogP contribution in [0.25, 0.3) is 0 Å². The van der Waals surface area contributed by atoms with Crippen molar-refractivity contribution < 1.29 is 4.79 Å². The Labute approximate surface area is 105 Å². The zero-order valence-corrected chi connectivity index (χ0v) is 11.6. The Morgan fingerprint density at radius 2 is 2.12 bits per heavy atom. The number of likely N-dealkylation sites (N-methyl/N-ethyl adjacent to an activating group) is 1. The predicted molar refractivity (Wildman–Crippen MR) is 70.7 cm³/mol. The molecule has 3 unspecified atom stereocenters. The lowest BCUT2D eigenvalue weighted by Gasteiger charge is -2.23. The number of hydrogen-bond acceptors (Lipinski definition) is 3. The molecule has 2 N–H and O–H groups in total. The van der Waals surface area contributed by atoms with Gasteiger partial charge in [-0.1, -0.05) is 26.7 Å². The van der Waals surface area contributed by atoms with E-state index in [-0.39, 0.29) is 11.9 Å². The molecule has 4 nitrogen and oxygen atoms in total. The van der Waals surface area contributed by atoms with Crippen LogP contribution in [-0.2, 0) is 4.79 Å². The Balaban J connectivity index is 2.49. The number of nitrogens with zero attached hydrogens (tertiary/aromatic N) is 2. The van der Waals surface area contributed by atoms with Crippen LogP contribution >= 0.6 is 0 Å². The van der Waals surface area contributed by atoms with Crippen LogP contribution in [0, 0.1) is 5.92 Å². The quantitative estimate of drug-likeness (QED) is 0.778. The van der Waals surface area contributed by atoms with E-state index >= 15 is 0 Å². The first-order valence-electron chi connectivity index (χ1n) is 6.68. The van der Waals surface area contributed by atoms with Gasteiger partial charge in [-0.05, 0) is 26.4 Å². The molecule has 1 rings (SSSR count). The summed E-state index contributed by atoms with van der Waals surface area (Å²) < 4.78 is 0. The Kier molecular flexibility index (Phi) is 5.40. The molecular weight excluding hydrogens is 214 g/mol. The maximum Gasteiger partial charge on any atom is 0.239 e. The third kappa shape index (κ3) is 3.68. The minimum Gasteiger partial charge on any atom is -0.339 e. The highest BCUT2D eigenvalue weighted by Crippen LogP contribution is 2.20. The van der Waals surface area contributed by atoms with Crippen LogP contribution in [0.3, 0.4) is 0 Å². The molecular formula is C13H27N3O. The molecule has 1 fully saturated rings. The van der Waals surface area contributed by atoms with Gasteiger partial charge in [-0.15, -0.1) is 0 Å². The fraction of sp³-hybridized carbons (Fsp3) is 0.923. The van der Waals surface area contributed by atoms with E-state index in [1.165, 1.54) is 0 Å². The van der Waals surface area contributed by atoms with Crippen molar-refractivity contribution in [3.63, 3.8) is 0 Å². The van der Waals surface area contributed by atoms with E-state index in [1.54, 1.807) is 0 Å². The minimum atomic E-state index is -0.303. The summed E-state index contributed by atoms with van der Waals surface area (Å²) in [6.45, 7) is 6.00.